The second kappa shape index (κ2) is 4.20. The Morgan fingerprint density at radius 3 is 2.61 bits per heavy atom. The van der Waals surface area contributed by atoms with Crippen molar-refractivity contribution in [3.05, 3.63) is 11.8 Å². The summed E-state index contributed by atoms with van der Waals surface area (Å²) in [6, 6.07) is 0. The Balaban J connectivity index is 2.44. The molecule has 102 valence electrons. The van der Waals surface area contributed by atoms with E-state index in [4.69, 9.17) is 4.74 Å². The molecule has 2 aliphatic rings. The molecule has 6 atom stereocenters. The van der Waals surface area contributed by atoms with E-state index < -0.39 is 41.9 Å². The van der Waals surface area contributed by atoms with Crippen LogP contribution in [0.3, 0.4) is 0 Å². The van der Waals surface area contributed by atoms with E-state index in [-0.39, 0.29) is 5.57 Å². The average molecular weight is 260 g/mol. The van der Waals surface area contributed by atoms with E-state index in [1.165, 1.54) is 14.0 Å². The number of carbonyl (C=O) groups excluding carboxylic acids is 1. The average Bonchev–Trinajstić information content (AvgIpc) is 2.51. The second-order valence-electron chi connectivity index (χ2n) is 4.80. The van der Waals surface area contributed by atoms with Crippen LogP contribution in [0.4, 0.5) is 0 Å². The van der Waals surface area contributed by atoms with Crippen LogP contribution in [0.2, 0.25) is 0 Å². The third kappa shape index (κ3) is 1.63. The van der Waals surface area contributed by atoms with Crippen molar-refractivity contribution in [2.75, 3.05) is 7.11 Å². The van der Waals surface area contributed by atoms with Gasteiger partial charge in [0, 0.05) is 5.92 Å². The summed E-state index contributed by atoms with van der Waals surface area (Å²) < 4.78 is 9.41. The van der Waals surface area contributed by atoms with Crippen molar-refractivity contribution in [2.45, 2.75) is 31.0 Å². The lowest BCUT2D eigenvalue weighted by Gasteiger charge is -2.36. The molecule has 1 aliphatic carbocycles. The fourth-order valence-electron chi connectivity index (χ4n) is 2.77. The molecule has 0 aromatic carbocycles. The normalized spacial score (nSPS) is 47.0. The maximum Gasteiger partial charge on any atom is 0.337 e. The van der Waals surface area contributed by atoms with Crippen LogP contribution in [0.25, 0.3) is 0 Å². The first-order valence-corrected chi connectivity index (χ1v) is 5.52. The fourth-order valence-corrected chi connectivity index (χ4v) is 2.77. The molecule has 7 heteroatoms. The quantitative estimate of drug-likeness (QED) is 0.407. The molecule has 4 N–H and O–H groups in total. The van der Waals surface area contributed by atoms with Crippen molar-refractivity contribution in [2.24, 2.45) is 11.8 Å². The number of aliphatic hydroxyl groups excluding tert-OH is 3. The molecule has 0 radical (unpaired) electrons. The van der Waals surface area contributed by atoms with Gasteiger partial charge in [-0.3, -0.25) is 0 Å². The minimum absolute atomic E-state index is 0.0166. The van der Waals surface area contributed by atoms with Crippen LogP contribution in [0, 0.1) is 11.8 Å². The van der Waals surface area contributed by atoms with Gasteiger partial charge in [-0.15, -0.1) is 0 Å². The van der Waals surface area contributed by atoms with Gasteiger partial charge in [0.05, 0.1) is 36.6 Å². The summed E-state index contributed by atoms with van der Waals surface area (Å²) in [5.41, 5.74) is -1.78. The molecule has 1 aliphatic heterocycles. The predicted octanol–water partition coefficient (Wildman–Crippen LogP) is -1.89. The Kier molecular flexibility index (Phi) is 3.10. The lowest BCUT2D eigenvalue weighted by Crippen LogP contribution is -2.48. The monoisotopic (exact) mass is 260 g/mol. The van der Waals surface area contributed by atoms with E-state index in [0.29, 0.717) is 0 Å². The summed E-state index contributed by atoms with van der Waals surface area (Å²) in [5, 5.41) is 39.6. The Morgan fingerprint density at radius 2 is 2.06 bits per heavy atom. The summed E-state index contributed by atoms with van der Waals surface area (Å²) >= 11 is 0. The Labute approximate surface area is 103 Å². The van der Waals surface area contributed by atoms with Gasteiger partial charge in [0.15, 0.2) is 0 Å². The van der Waals surface area contributed by atoms with E-state index in [1.54, 1.807) is 0 Å². The molecular formula is C11H16O7. The van der Waals surface area contributed by atoms with Crippen LogP contribution >= 0.6 is 0 Å². The molecule has 0 spiro atoms. The SMILES string of the molecule is COC(=O)C1=COC(O)C2C1[C@H](O)[C@H](O)[C@]2(C)O. The molecule has 2 rings (SSSR count). The van der Waals surface area contributed by atoms with E-state index in [9.17, 15) is 25.2 Å². The fraction of sp³-hybridized carbons (Fsp3) is 0.727. The molecule has 1 fully saturated rings. The van der Waals surface area contributed by atoms with Gasteiger partial charge in [-0.2, -0.15) is 0 Å². The van der Waals surface area contributed by atoms with Crippen molar-refractivity contribution in [3.8, 4) is 0 Å². The van der Waals surface area contributed by atoms with Crippen LogP contribution in [0.1, 0.15) is 6.92 Å². The first-order chi connectivity index (χ1) is 8.32. The first kappa shape index (κ1) is 13.3. The van der Waals surface area contributed by atoms with Crippen molar-refractivity contribution < 1.29 is 34.7 Å². The zero-order valence-electron chi connectivity index (χ0n) is 9.98. The maximum atomic E-state index is 11.6. The zero-order valence-corrected chi connectivity index (χ0v) is 9.98. The molecule has 7 nitrogen and oxygen atoms in total. The van der Waals surface area contributed by atoms with E-state index in [1.807, 2.05) is 0 Å². The van der Waals surface area contributed by atoms with Crippen molar-refractivity contribution in [1.29, 1.82) is 0 Å². The number of hydrogen-bond donors (Lipinski definition) is 4. The minimum Gasteiger partial charge on any atom is -0.472 e. The maximum absolute atomic E-state index is 11.6. The molecule has 1 heterocycles. The Morgan fingerprint density at radius 1 is 1.44 bits per heavy atom. The van der Waals surface area contributed by atoms with Gasteiger partial charge < -0.3 is 29.9 Å². The van der Waals surface area contributed by atoms with Crippen molar-refractivity contribution in [3.63, 3.8) is 0 Å². The van der Waals surface area contributed by atoms with Gasteiger partial charge in [-0.1, -0.05) is 0 Å². The molecule has 0 aromatic heterocycles. The Hall–Kier alpha value is -1.15. The topological polar surface area (TPSA) is 116 Å². The van der Waals surface area contributed by atoms with Gasteiger partial charge in [-0.25, -0.2) is 4.79 Å². The number of aliphatic hydroxyl groups is 4. The molecular weight excluding hydrogens is 244 g/mol. The molecule has 0 amide bonds. The zero-order chi connectivity index (χ0) is 13.7. The Bertz CT molecular complexity index is 389. The third-order valence-corrected chi connectivity index (χ3v) is 3.77. The summed E-state index contributed by atoms with van der Waals surface area (Å²) in [6.07, 6.45) is -3.29. The van der Waals surface area contributed by atoms with Crippen molar-refractivity contribution >= 4 is 5.97 Å². The van der Waals surface area contributed by atoms with Gasteiger partial charge in [0.2, 0.25) is 6.29 Å². The van der Waals surface area contributed by atoms with Crippen LogP contribution in [0.15, 0.2) is 11.8 Å². The van der Waals surface area contributed by atoms with Crippen LogP contribution < -0.4 is 0 Å². The van der Waals surface area contributed by atoms with Crippen LogP contribution in [-0.2, 0) is 14.3 Å². The summed E-state index contributed by atoms with van der Waals surface area (Å²) in [4.78, 5) is 11.6. The largest absolute Gasteiger partial charge is 0.472 e. The predicted molar refractivity (Wildman–Crippen MR) is 56.8 cm³/mol. The molecule has 0 saturated heterocycles. The van der Waals surface area contributed by atoms with Gasteiger partial charge in [0.1, 0.15) is 6.10 Å². The summed E-state index contributed by atoms with van der Waals surface area (Å²) in [5.74, 6) is -2.69. The number of rotatable bonds is 1. The molecule has 0 aromatic rings. The lowest BCUT2D eigenvalue weighted by atomic mass is 9.81. The molecule has 1 saturated carbocycles. The van der Waals surface area contributed by atoms with E-state index in [2.05, 4.69) is 4.74 Å². The smallest absolute Gasteiger partial charge is 0.337 e. The number of hydrogen-bond acceptors (Lipinski definition) is 7. The standard InChI is InChI=1S/C11H16O7/c1-11(16)6-5(7(12)8(11)13)4(9(14)17-2)3-18-10(6)15/h3,5-8,10,12-13,15-16H,1-2H3/t5?,6?,7-,8-,10?,11+/m0/s1. The van der Waals surface area contributed by atoms with Crippen LogP contribution in [-0.4, -0.2) is 57.6 Å². The highest BCUT2D eigenvalue weighted by atomic mass is 16.6. The first-order valence-electron chi connectivity index (χ1n) is 5.52. The number of methoxy groups -OCH3 is 1. The second-order valence-corrected chi connectivity index (χ2v) is 4.80. The highest BCUT2D eigenvalue weighted by Gasteiger charge is 2.62. The molecule has 3 unspecified atom stereocenters. The molecule has 0 bridgehead atoms. The number of carbonyl (C=O) groups is 1. The number of fused-ring (bicyclic) bond motifs is 1. The van der Waals surface area contributed by atoms with Gasteiger partial charge >= 0.3 is 5.97 Å². The van der Waals surface area contributed by atoms with Gasteiger partial charge in [0.25, 0.3) is 0 Å². The highest BCUT2D eigenvalue weighted by molar-refractivity contribution is 5.89. The lowest BCUT2D eigenvalue weighted by molar-refractivity contribution is -0.179. The number of ether oxygens (including phenoxy) is 2. The van der Waals surface area contributed by atoms with Crippen molar-refractivity contribution in [1.82, 2.24) is 0 Å². The van der Waals surface area contributed by atoms with E-state index in [0.717, 1.165) is 6.26 Å². The summed E-state index contributed by atoms with van der Waals surface area (Å²) in [7, 11) is 1.17. The molecule has 18 heavy (non-hydrogen) atoms. The van der Waals surface area contributed by atoms with E-state index >= 15 is 0 Å². The third-order valence-electron chi connectivity index (χ3n) is 3.77. The van der Waals surface area contributed by atoms with Crippen LogP contribution in [0.5, 0.6) is 0 Å². The minimum atomic E-state index is -1.77. The highest BCUT2D eigenvalue weighted by Crippen LogP contribution is 2.48. The number of esters is 1. The summed E-state index contributed by atoms with van der Waals surface area (Å²) in [6.45, 7) is 1.28. The van der Waals surface area contributed by atoms with Gasteiger partial charge in [-0.05, 0) is 6.92 Å².